The lowest BCUT2D eigenvalue weighted by Crippen LogP contribution is -2.26. The average molecular weight is 495 g/mol. The molecular formula is C18H9Cl3F7NO. The lowest BCUT2D eigenvalue weighted by molar-refractivity contribution is -0.140. The van der Waals surface area contributed by atoms with Crippen molar-refractivity contribution in [1.82, 2.24) is 5.32 Å². The molecule has 1 atom stereocenters. The summed E-state index contributed by atoms with van der Waals surface area (Å²) >= 11 is 17.1. The first-order valence-corrected chi connectivity index (χ1v) is 8.91. The molecule has 2 aromatic carbocycles. The molecule has 1 unspecified atom stereocenters. The number of rotatable bonds is 4. The van der Waals surface area contributed by atoms with Gasteiger partial charge >= 0.3 is 12.4 Å². The van der Waals surface area contributed by atoms with Gasteiger partial charge in [0.1, 0.15) is 5.92 Å². The van der Waals surface area contributed by atoms with E-state index >= 15 is 0 Å². The topological polar surface area (TPSA) is 29.1 Å². The third-order valence-corrected chi connectivity index (χ3v) is 4.94. The van der Waals surface area contributed by atoms with Crippen molar-refractivity contribution in [3.05, 3.63) is 80.2 Å². The van der Waals surface area contributed by atoms with E-state index in [1.54, 1.807) is 0 Å². The summed E-state index contributed by atoms with van der Waals surface area (Å²) in [5.41, 5.74) is -2.93. The number of hydrogen-bond donors (Lipinski definition) is 1. The van der Waals surface area contributed by atoms with Gasteiger partial charge in [-0.15, -0.1) is 0 Å². The Hall–Kier alpha value is -1.97. The number of hydrogen-bond acceptors (Lipinski definition) is 1. The highest BCUT2D eigenvalue weighted by molar-refractivity contribution is 6.48. The third-order valence-electron chi connectivity index (χ3n) is 3.74. The van der Waals surface area contributed by atoms with Gasteiger partial charge in [0.15, 0.2) is 5.95 Å². The van der Waals surface area contributed by atoms with Crippen LogP contribution in [0.3, 0.4) is 0 Å². The summed E-state index contributed by atoms with van der Waals surface area (Å²) < 4.78 is 93.3. The van der Waals surface area contributed by atoms with E-state index in [9.17, 15) is 35.5 Å². The normalized spacial score (nSPS) is 13.9. The maximum atomic E-state index is 14.2. The van der Waals surface area contributed by atoms with E-state index in [0.29, 0.717) is 6.07 Å². The van der Waals surface area contributed by atoms with Crippen LogP contribution in [-0.4, -0.2) is 12.1 Å². The summed E-state index contributed by atoms with van der Waals surface area (Å²) in [5, 5.41) is 0.510. The number of benzene rings is 2. The maximum absolute atomic E-state index is 14.2. The quantitative estimate of drug-likeness (QED) is 0.265. The predicted octanol–water partition coefficient (Wildman–Crippen LogP) is 7.55. The smallest absolute Gasteiger partial charge is 0.299 e. The minimum Gasteiger partial charge on any atom is -0.299 e. The first kappa shape index (κ1) is 24.3. The van der Waals surface area contributed by atoms with Gasteiger partial charge in [-0.3, -0.25) is 10.1 Å². The monoisotopic (exact) mass is 493 g/mol. The summed E-state index contributed by atoms with van der Waals surface area (Å²) in [7, 11) is 0. The molecule has 0 saturated heterocycles. The SMILES string of the molecule is O=C(N/C(F)=C/C(c1cc(Cl)c(Cl)c(Cl)c1)C(F)(F)F)c1ccccc1C(F)(F)F. The molecule has 0 aliphatic carbocycles. The molecule has 0 heterocycles. The van der Waals surface area contributed by atoms with Crippen LogP contribution >= 0.6 is 34.8 Å². The highest BCUT2D eigenvalue weighted by Gasteiger charge is 2.41. The number of carbonyl (C=O) groups is 1. The van der Waals surface area contributed by atoms with E-state index in [-0.39, 0.29) is 21.1 Å². The molecule has 0 saturated carbocycles. The zero-order chi connectivity index (χ0) is 22.9. The first-order valence-electron chi connectivity index (χ1n) is 7.78. The first-order chi connectivity index (χ1) is 13.7. The second kappa shape index (κ2) is 9.03. The lowest BCUT2D eigenvalue weighted by atomic mass is 9.98. The Bertz CT molecular complexity index is 963. The fourth-order valence-electron chi connectivity index (χ4n) is 2.43. The van der Waals surface area contributed by atoms with E-state index in [2.05, 4.69) is 0 Å². The number of nitrogens with one attached hydrogen (secondary N) is 1. The average Bonchev–Trinajstić information content (AvgIpc) is 2.62. The van der Waals surface area contributed by atoms with Gasteiger partial charge in [-0.25, -0.2) is 0 Å². The van der Waals surface area contributed by atoms with Crippen molar-refractivity contribution in [3.63, 3.8) is 0 Å². The largest absolute Gasteiger partial charge is 0.417 e. The van der Waals surface area contributed by atoms with Gasteiger partial charge in [0.05, 0.1) is 26.2 Å². The summed E-state index contributed by atoms with van der Waals surface area (Å²) in [4.78, 5) is 12.0. The highest BCUT2D eigenvalue weighted by Crippen LogP contribution is 2.41. The van der Waals surface area contributed by atoms with Crippen LogP contribution < -0.4 is 5.32 Å². The van der Waals surface area contributed by atoms with Gasteiger partial charge in [-0.05, 0) is 35.9 Å². The van der Waals surface area contributed by atoms with Crippen molar-refractivity contribution in [2.45, 2.75) is 18.3 Å². The fourth-order valence-corrected chi connectivity index (χ4v) is 3.04. The molecule has 1 N–H and O–H groups in total. The molecule has 0 aliphatic heterocycles. The molecule has 0 aliphatic rings. The molecule has 0 bridgehead atoms. The number of amides is 1. The Balaban J connectivity index is 2.39. The van der Waals surface area contributed by atoms with Crippen LogP contribution in [0, 0.1) is 0 Å². The van der Waals surface area contributed by atoms with Crippen molar-refractivity contribution >= 4 is 40.7 Å². The van der Waals surface area contributed by atoms with Crippen LogP contribution in [0.25, 0.3) is 0 Å². The van der Waals surface area contributed by atoms with Crippen LogP contribution in [0.5, 0.6) is 0 Å². The molecule has 0 spiro atoms. The molecule has 0 radical (unpaired) electrons. The third kappa shape index (κ3) is 5.80. The van der Waals surface area contributed by atoms with Crippen molar-refractivity contribution in [3.8, 4) is 0 Å². The van der Waals surface area contributed by atoms with Gasteiger partial charge in [0.2, 0.25) is 0 Å². The Kier molecular flexibility index (Phi) is 7.32. The van der Waals surface area contributed by atoms with E-state index in [1.165, 1.54) is 5.32 Å². The van der Waals surface area contributed by atoms with Crippen LogP contribution in [0.2, 0.25) is 15.1 Å². The Labute approximate surface area is 180 Å². The molecule has 2 rings (SSSR count). The van der Waals surface area contributed by atoms with Gasteiger partial charge in [-0.2, -0.15) is 30.7 Å². The van der Waals surface area contributed by atoms with Crippen LogP contribution in [0.4, 0.5) is 30.7 Å². The predicted molar refractivity (Wildman–Crippen MR) is 98.4 cm³/mol. The summed E-state index contributed by atoms with van der Waals surface area (Å²) in [5.74, 6) is -6.02. The van der Waals surface area contributed by atoms with Gasteiger partial charge in [0, 0.05) is 0 Å². The van der Waals surface area contributed by atoms with E-state index < -0.39 is 46.8 Å². The molecule has 1 amide bonds. The van der Waals surface area contributed by atoms with Crippen LogP contribution in [-0.2, 0) is 6.18 Å². The molecule has 0 fully saturated rings. The molecular weight excluding hydrogens is 486 g/mol. The van der Waals surface area contributed by atoms with Gasteiger partial charge < -0.3 is 0 Å². The molecule has 2 aromatic rings. The maximum Gasteiger partial charge on any atom is 0.417 e. The summed E-state index contributed by atoms with van der Waals surface area (Å²) in [6.45, 7) is 0. The second-order valence-corrected chi connectivity index (χ2v) is 7.02. The molecule has 2 nitrogen and oxygen atoms in total. The molecule has 30 heavy (non-hydrogen) atoms. The number of halogens is 10. The number of carbonyl (C=O) groups excluding carboxylic acids is 1. The Morgan fingerprint density at radius 1 is 0.967 bits per heavy atom. The Morgan fingerprint density at radius 2 is 1.50 bits per heavy atom. The zero-order valence-electron chi connectivity index (χ0n) is 14.3. The van der Waals surface area contributed by atoms with Gasteiger partial charge in [-0.1, -0.05) is 46.9 Å². The molecule has 0 aromatic heterocycles. The second-order valence-electron chi connectivity index (χ2n) is 5.83. The van der Waals surface area contributed by atoms with E-state index in [4.69, 9.17) is 34.8 Å². The number of alkyl halides is 6. The van der Waals surface area contributed by atoms with Crippen LogP contribution in [0.1, 0.15) is 27.4 Å². The number of allylic oxidation sites excluding steroid dienone is 1. The summed E-state index contributed by atoms with van der Waals surface area (Å²) in [6, 6.07) is 5.02. The molecule has 12 heteroatoms. The van der Waals surface area contributed by atoms with Crippen molar-refractivity contribution in [1.29, 1.82) is 0 Å². The molecule has 162 valence electrons. The van der Waals surface area contributed by atoms with Gasteiger partial charge in [0.25, 0.3) is 5.91 Å². The minimum absolute atomic E-state index is 0.0238. The minimum atomic E-state index is -5.05. The van der Waals surface area contributed by atoms with Crippen molar-refractivity contribution in [2.24, 2.45) is 0 Å². The fraction of sp³-hybridized carbons (Fsp3) is 0.167. The van der Waals surface area contributed by atoms with Crippen molar-refractivity contribution in [2.75, 3.05) is 0 Å². The lowest BCUT2D eigenvalue weighted by Gasteiger charge is -2.19. The Morgan fingerprint density at radius 3 is 2.00 bits per heavy atom. The van der Waals surface area contributed by atoms with Crippen LogP contribution in [0.15, 0.2) is 48.4 Å². The standard InChI is InChI=1S/C18H9Cl3F7NO/c19-12-5-8(6-13(20)15(12)21)11(18(26,27)28)7-14(22)29-16(30)9-3-1-2-4-10(9)17(23,24)25/h1-7,11H,(H,29,30)/b14-7+. The van der Waals surface area contributed by atoms with E-state index in [0.717, 1.165) is 30.3 Å². The zero-order valence-corrected chi connectivity index (χ0v) is 16.6. The van der Waals surface area contributed by atoms with Crippen molar-refractivity contribution < 1.29 is 35.5 Å². The van der Waals surface area contributed by atoms with E-state index in [1.807, 2.05) is 0 Å². The highest BCUT2D eigenvalue weighted by atomic mass is 35.5. The summed E-state index contributed by atoms with van der Waals surface area (Å²) in [6.07, 6.45) is -10.0.